The van der Waals surface area contributed by atoms with Crippen LogP contribution in [0.15, 0.2) is 0 Å². The Hall–Kier alpha value is -2.40. The van der Waals surface area contributed by atoms with E-state index in [1.807, 2.05) is 23.6 Å². The maximum atomic E-state index is 11.9. The molecule has 1 fully saturated rings. The third-order valence-corrected chi connectivity index (χ3v) is 4.59. The van der Waals surface area contributed by atoms with Gasteiger partial charge < -0.3 is 35.1 Å². The molecule has 0 aromatic heterocycles. The summed E-state index contributed by atoms with van der Waals surface area (Å²) in [6.07, 6.45) is 0.350. The normalized spacial score (nSPS) is 13.8. The highest BCUT2D eigenvalue weighted by molar-refractivity contribution is 5.88. The molecule has 0 aromatic rings. The van der Waals surface area contributed by atoms with Gasteiger partial charge in [0, 0.05) is 39.3 Å². The topological polar surface area (TPSA) is 159 Å². The van der Waals surface area contributed by atoms with E-state index in [0.29, 0.717) is 0 Å². The first-order chi connectivity index (χ1) is 14.4. The fourth-order valence-corrected chi connectivity index (χ4v) is 2.41. The number of hydrogen-bond donors (Lipinski definition) is 4. The van der Waals surface area contributed by atoms with Gasteiger partial charge in [-0.15, -0.1) is 0 Å². The van der Waals surface area contributed by atoms with E-state index < -0.39 is 36.4 Å². The number of nitrogens with zero attached hydrogens (tertiary/aromatic N) is 3. The summed E-state index contributed by atoms with van der Waals surface area (Å²) in [5.74, 6) is -5.02. The van der Waals surface area contributed by atoms with E-state index in [4.69, 9.17) is 20.4 Å². The Morgan fingerprint density at radius 3 is 1.45 bits per heavy atom. The molecule has 11 nitrogen and oxygen atoms in total. The number of urea groups is 1. The van der Waals surface area contributed by atoms with Crippen molar-refractivity contribution in [1.29, 1.82) is 0 Å². The van der Waals surface area contributed by atoms with Gasteiger partial charge in [-0.2, -0.15) is 0 Å². The lowest BCUT2D eigenvalue weighted by Crippen LogP contribution is -2.51. The van der Waals surface area contributed by atoms with Crippen LogP contribution in [0, 0.1) is 0 Å². The zero-order chi connectivity index (χ0) is 24.6. The number of aliphatic carboxylic acids is 3. The molecule has 0 aromatic carbocycles. The Labute approximate surface area is 184 Å². The fourth-order valence-electron chi connectivity index (χ4n) is 2.41. The molecule has 1 aliphatic rings. The zero-order valence-corrected chi connectivity index (χ0v) is 19.3. The summed E-state index contributed by atoms with van der Waals surface area (Å²) in [6.45, 7) is 13.7. The number of carboxylic acid groups (broad SMARTS) is 3. The second-order valence-corrected chi connectivity index (χ2v) is 7.22. The lowest BCUT2D eigenvalue weighted by atomic mass is 9.96. The second kappa shape index (κ2) is 16.3. The van der Waals surface area contributed by atoms with Crippen LogP contribution in [0.5, 0.6) is 0 Å². The SMILES string of the molecule is CCCC.CCN(CC)C(=O)N1CCN(C)CC1.O=C(O)CC(O)(CC(=O)O)C(=O)O. The molecule has 1 aliphatic heterocycles. The molecule has 1 rings (SSSR count). The van der Waals surface area contributed by atoms with Gasteiger partial charge in [0.15, 0.2) is 5.60 Å². The van der Waals surface area contributed by atoms with E-state index in [1.165, 1.54) is 12.8 Å². The van der Waals surface area contributed by atoms with E-state index >= 15 is 0 Å². The lowest BCUT2D eigenvalue weighted by molar-refractivity contribution is -0.170. The number of piperazine rings is 1. The molecule has 4 N–H and O–H groups in total. The van der Waals surface area contributed by atoms with Crippen molar-refractivity contribution in [2.24, 2.45) is 0 Å². The van der Waals surface area contributed by atoms with Crippen LogP contribution in [0.3, 0.4) is 0 Å². The average Bonchev–Trinajstić information content (AvgIpc) is 2.68. The number of likely N-dealkylation sites (N-methyl/N-ethyl adjacent to an activating group) is 1. The van der Waals surface area contributed by atoms with Crippen LogP contribution in [-0.2, 0) is 14.4 Å². The molecular formula is C20H39N3O8. The molecule has 0 spiro atoms. The molecular weight excluding hydrogens is 410 g/mol. The molecule has 0 saturated carbocycles. The first kappa shape index (κ1) is 30.8. The standard InChI is InChI=1S/C10H21N3O.C6H8O7.C4H10/c1-4-12(5-2)10(14)13-8-6-11(3)7-9-13;7-3(8)1-6(13,5(11)12)2-4(9)10;1-3-4-2/h4-9H2,1-3H3;13H,1-2H2,(H,7,8)(H,9,10)(H,11,12);3-4H2,1-2H3. The summed E-state index contributed by atoms with van der Waals surface area (Å²) in [6, 6.07) is 0.197. The molecule has 0 atom stereocenters. The Bertz CT molecular complexity index is 541. The van der Waals surface area contributed by atoms with Crippen molar-refractivity contribution in [2.45, 2.75) is 59.0 Å². The summed E-state index contributed by atoms with van der Waals surface area (Å²) in [4.78, 5) is 48.5. The largest absolute Gasteiger partial charge is 0.481 e. The summed E-state index contributed by atoms with van der Waals surface area (Å²) < 4.78 is 0. The molecule has 1 heterocycles. The Kier molecular flexibility index (Phi) is 16.2. The van der Waals surface area contributed by atoms with Crippen LogP contribution in [0.2, 0.25) is 0 Å². The molecule has 0 aliphatic carbocycles. The number of unbranched alkanes of at least 4 members (excludes halogenated alkanes) is 1. The number of carbonyl (C=O) groups excluding carboxylic acids is 1. The highest BCUT2D eigenvalue weighted by atomic mass is 16.4. The minimum Gasteiger partial charge on any atom is -0.481 e. The van der Waals surface area contributed by atoms with Gasteiger partial charge in [0.05, 0.1) is 12.8 Å². The summed E-state index contributed by atoms with van der Waals surface area (Å²) in [5, 5.41) is 33.8. The number of aliphatic hydroxyl groups is 1. The number of amides is 2. The van der Waals surface area contributed by atoms with Crippen LogP contribution < -0.4 is 0 Å². The lowest BCUT2D eigenvalue weighted by Gasteiger charge is -2.35. The highest BCUT2D eigenvalue weighted by Gasteiger charge is 2.40. The van der Waals surface area contributed by atoms with Crippen LogP contribution in [-0.4, -0.2) is 111 Å². The monoisotopic (exact) mass is 449 g/mol. The minimum atomic E-state index is -2.74. The molecule has 0 bridgehead atoms. The van der Waals surface area contributed by atoms with Crippen molar-refractivity contribution in [3.05, 3.63) is 0 Å². The molecule has 0 radical (unpaired) electrons. The Balaban J connectivity index is 0. The third-order valence-electron chi connectivity index (χ3n) is 4.59. The first-order valence-corrected chi connectivity index (χ1v) is 10.5. The Morgan fingerprint density at radius 1 is 0.806 bits per heavy atom. The van der Waals surface area contributed by atoms with Crippen molar-refractivity contribution in [2.75, 3.05) is 46.3 Å². The van der Waals surface area contributed by atoms with Gasteiger partial charge in [0.2, 0.25) is 0 Å². The van der Waals surface area contributed by atoms with Crippen molar-refractivity contribution in [1.82, 2.24) is 14.7 Å². The number of carbonyl (C=O) groups is 4. The maximum Gasteiger partial charge on any atom is 0.336 e. The van der Waals surface area contributed by atoms with Gasteiger partial charge in [-0.3, -0.25) is 9.59 Å². The third kappa shape index (κ3) is 13.5. The van der Waals surface area contributed by atoms with Gasteiger partial charge in [-0.05, 0) is 20.9 Å². The van der Waals surface area contributed by atoms with Gasteiger partial charge in [-0.1, -0.05) is 26.7 Å². The highest BCUT2D eigenvalue weighted by Crippen LogP contribution is 2.15. The quantitative estimate of drug-likeness (QED) is 0.428. The van der Waals surface area contributed by atoms with Crippen LogP contribution >= 0.6 is 0 Å². The first-order valence-electron chi connectivity index (χ1n) is 10.5. The van der Waals surface area contributed by atoms with Gasteiger partial charge in [0.25, 0.3) is 0 Å². The average molecular weight is 450 g/mol. The molecule has 2 amide bonds. The van der Waals surface area contributed by atoms with Crippen LogP contribution in [0.4, 0.5) is 4.79 Å². The smallest absolute Gasteiger partial charge is 0.336 e. The molecule has 11 heteroatoms. The maximum absolute atomic E-state index is 11.9. The number of hydrogen-bond acceptors (Lipinski definition) is 6. The van der Waals surface area contributed by atoms with Gasteiger partial charge in [-0.25, -0.2) is 9.59 Å². The molecule has 31 heavy (non-hydrogen) atoms. The van der Waals surface area contributed by atoms with Crippen molar-refractivity contribution >= 4 is 23.9 Å². The van der Waals surface area contributed by atoms with Gasteiger partial charge >= 0.3 is 23.9 Å². The fraction of sp³-hybridized carbons (Fsp3) is 0.800. The van der Waals surface area contributed by atoms with E-state index in [9.17, 15) is 19.2 Å². The van der Waals surface area contributed by atoms with Crippen molar-refractivity contribution in [3.8, 4) is 0 Å². The molecule has 1 saturated heterocycles. The predicted octanol–water partition coefficient (Wildman–Crippen LogP) is 1.25. The van der Waals surface area contributed by atoms with Crippen molar-refractivity contribution in [3.63, 3.8) is 0 Å². The molecule has 182 valence electrons. The molecule has 0 unspecified atom stereocenters. The van der Waals surface area contributed by atoms with Crippen molar-refractivity contribution < 1.29 is 39.6 Å². The Morgan fingerprint density at radius 2 is 1.19 bits per heavy atom. The van der Waals surface area contributed by atoms with E-state index in [0.717, 1.165) is 39.3 Å². The minimum absolute atomic E-state index is 0.197. The van der Waals surface area contributed by atoms with E-state index in [2.05, 4.69) is 25.8 Å². The zero-order valence-electron chi connectivity index (χ0n) is 19.3. The van der Waals surface area contributed by atoms with Crippen LogP contribution in [0.25, 0.3) is 0 Å². The second-order valence-electron chi connectivity index (χ2n) is 7.22. The summed E-state index contributed by atoms with van der Waals surface area (Å²) in [5.41, 5.74) is -2.74. The van der Waals surface area contributed by atoms with Crippen LogP contribution in [0.1, 0.15) is 53.4 Å². The predicted molar refractivity (Wildman–Crippen MR) is 115 cm³/mol. The summed E-state index contributed by atoms with van der Waals surface area (Å²) >= 11 is 0. The summed E-state index contributed by atoms with van der Waals surface area (Å²) in [7, 11) is 2.10. The number of rotatable bonds is 8. The van der Waals surface area contributed by atoms with E-state index in [1.54, 1.807) is 0 Å². The van der Waals surface area contributed by atoms with Gasteiger partial charge in [0.1, 0.15) is 0 Å². The van der Waals surface area contributed by atoms with E-state index in [-0.39, 0.29) is 6.03 Å². The number of carboxylic acids is 3.